The fourth-order valence-corrected chi connectivity index (χ4v) is 5.30. The number of aliphatic carboxylic acids is 1. The van der Waals surface area contributed by atoms with Crippen LogP contribution in [0, 0.1) is 10.8 Å². The van der Waals surface area contributed by atoms with Crippen molar-refractivity contribution in [1.29, 1.82) is 0 Å². The van der Waals surface area contributed by atoms with Crippen LogP contribution in [0.1, 0.15) is 86.1 Å². The summed E-state index contributed by atoms with van der Waals surface area (Å²) in [5, 5.41) is 13.4. The maximum absolute atomic E-state index is 12.3. The molecular weight excluding hydrogens is 413 g/mol. The zero-order chi connectivity index (χ0) is 24.5. The quantitative estimate of drug-likeness (QED) is 0.564. The van der Waals surface area contributed by atoms with Crippen LogP contribution < -0.4 is 10.8 Å². The number of nitrogens with one attached hydrogen (secondary N) is 1. The Morgan fingerprint density at radius 3 is 2.09 bits per heavy atom. The number of carbonyl (C=O) groups is 1. The summed E-state index contributed by atoms with van der Waals surface area (Å²) in [6, 6.07) is 7.61. The molecule has 6 heteroatoms. The molecule has 1 heterocycles. The Bertz CT molecular complexity index is 832. The second-order valence-corrected chi connectivity index (χ2v) is 11.8. The molecule has 1 aromatic carbocycles. The molecule has 3 rings (SSSR count). The largest absolute Gasteiger partial charge is 0.494 e. The number of carboxylic acids is 1. The van der Waals surface area contributed by atoms with Crippen molar-refractivity contribution in [3.63, 3.8) is 0 Å². The molecule has 2 N–H and O–H groups in total. The van der Waals surface area contributed by atoms with Crippen molar-refractivity contribution in [2.75, 3.05) is 6.54 Å². The second-order valence-electron chi connectivity index (χ2n) is 11.8. The Balaban J connectivity index is 1.63. The smallest absolute Gasteiger partial charge is 0.480 e. The minimum Gasteiger partial charge on any atom is -0.480 e. The van der Waals surface area contributed by atoms with E-state index in [0.717, 1.165) is 36.7 Å². The normalized spacial score (nSPS) is 23.1. The average Bonchev–Trinajstić information content (AvgIpc) is 2.95. The summed E-state index contributed by atoms with van der Waals surface area (Å²) < 4.78 is 12.3. The predicted molar refractivity (Wildman–Crippen MR) is 136 cm³/mol. The maximum atomic E-state index is 12.3. The Morgan fingerprint density at radius 1 is 1.06 bits per heavy atom. The Morgan fingerprint density at radius 2 is 1.61 bits per heavy atom. The molecule has 5 nitrogen and oxygen atoms in total. The number of hydrogen-bond donors (Lipinski definition) is 2. The molecule has 0 aromatic heterocycles. The van der Waals surface area contributed by atoms with Gasteiger partial charge in [0, 0.05) is 12.0 Å². The standard InChI is InChI=1S/C27H42BNO4/c1-24(2,3)27(17-9-8-10-18-27)22(23(30)31)29-19-11-12-20-13-15-21(16-14-20)28-32-25(4,5)26(6,7)33-28/h11-16,22,29H,8-10,17-19H2,1-7H3,(H,30,31)/t22-/m1/s1. The van der Waals surface area contributed by atoms with E-state index in [4.69, 9.17) is 9.31 Å². The first-order chi connectivity index (χ1) is 15.3. The Hall–Kier alpha value is -1.63. The second kappa shape index (κ2) is 9.55. The number of rotatable bonds is 7. The highest BCUT2D eigenvalue weighted by Crippen LogP contribution is 2.52. The lowest BCUT2D eigenvalue weighted by Gasteiger charge is -2.51. The van der Waals surface area contributed by atoms with E-state index in [2.05, 4.69) is 53.8 Å². The van der Waals surface area contributed by atoms with Crippen LogP contribution in [-0.4, -0.2) is 42.0 Å². The summed E-state index contributed by atoms with van der Waals surface area (Å²) in [5.74, 6) is -0.744. The van der Waals surface area contributed by atoms with Crippen molar-refractivity contribution in [2.45, 2.75) is 97.8 Å². The topological polar surface area (TPSA) is 67.8 Å². The maximum Gasteiger partial charge on any atom is 0.494 e. The SMILES string of the molecule is CC(C)(C)C1([C@H](NCC=Cc2ccc(B3OC(C)(C)C(C)(C)O3)cc2)C(=O)O)CCCCC1. The Labute approximate surface area is 200 Å². The van der Waals surface area contributed by atoms with E-state index in [1.165, 1.54) is 6.42 Å². The monoisotopic (exact) mass is 455 g/mol. The van der Waals surface area contributed by atoms with Crippen LogP contribution in [0.25, 0.3) is 6.08 Å². The minimum absolute atomic E-state index is 0.0729. The van der Waals surface area contributed by atoms with Gasteiger partial charge in [-0.3, -0.25) is 4.79 Å². The van der Waals surface area contributed by atoms with Crippen molar-refractivity contribution in [2.24, 2.45) is 10.8 Å². The van der Waals surface area contributed by atoms with Gasteiger partial charge in [0.05, 0.1) is 11.2 Å². The van der Waals surface area contributed by atoms with Gasteiger partial charge >= 0.3 is 13.1 Å². The third-order valence-electron chi connectivity index (χ3n) is 8.25. The van der Waals surface area contributed by atoms with Crippen LogP contribution in [0.3, 0.4) is 0 Å². The first kappa shape index (κ1) is 26.0. The highest BCUT2D eigenvalue weighted by atomic mass is 16.7. The number of hydrogen-bond acceptors (Lipinski definition) is 4. The van der Waals surface area contributed by atoms with Gasteiger partial charge in [-0.1, -0.05) is 76.5 Å². The van der Waals surface area contributed by atoms with Crippen LogP contribution in [0.5, 0.6) is 0 Å². The average molecular weight is 455 g/mol. The molecule has 1 aromatic rings. The van der Waals surface area contributed by atoms with Crippen molar-refractivity contribution in [1.82, 2.24) is 5.32 Å². The van der Waals surface area contributed by atoms with E-state index in [1.54, 1.807) is 0 Å². The van der Waals surface area contributed by atoms with Crippen molar-refractivity contribution in [3.8, 4) is 0 Å². The van der Waals surface area contributed by atoms with Gasteiger partial charge in [-0.15, -0.1) is 0 Å². The van der Waals surface area contributed by atoms with Gasteiger partial charge in [0.2, 0.25) is 0 Å². The predicted octanol–water partition coefficient (Wildman–Crippen LogP) is 5.04. The lowest BCUT2D eigenvalue weighted by molar-refractivity contribution is -0.148. The first-order valence-electron chi connectivity index (χ1n) is 12.4. The van der Waals surface area contributed by atoms with Gasteiger partial charge in [-0.25, -0.2) is 0 Å². The third-order valence-corrected chi connectivity index (χ3v) is 8.25. The van der Waals surface area contributed by atoms with Crippen LogP contribution in [0.4, 0.5) is 0 Å². The fraction of sp³-hybridized carbons (Fsp3) is 0.667. The fourth-order valence-electron chi connectivity index (χ4n) is 5.30. The molecule has 0 spiro atoms. The number of carboxylic acid groups (broad SMARTS) is 1. The zero-order valence-electron chi connectivity index (χ0n) is 21.5. The van der Waals surface area contributed by atoms with Crippen LogP contribution in [-0.2, 0) is 14.1 Å². The van der Waals surface area contributed by atoms with Crippen LogP contribution in [0.15, 0.2) is 30.3 Å². The van der Waals surface area contributed by atoms with Gasteiger partial charge in [0.15, 0.2) is 0 Å². The summed E-state index contributed by atoms with van der Waals surface area (Å²) >= 11 is 0. The molecule has 0 unspecified atom stereocenters. The lowest BCUT2D eigenvalue weighted by atomic mass is 9.55. The first-order valence-corrected chi connectivity index (χ1v) is 12.4. The Kier molecular flexibility index (Phi) is 7.52. The van der Waals surface area contributed by atoms with E-state index in [-0.39, 0.29) is 29.2 Å². The summed E-state index contributed by atoms with van der Waals surface area (Å²) in [4.78, 5) is 12.3. The molecular formula is C27H42BNO4. The summed E-state index contributed by atoms with van der Waals surface area (Å²) in [5.41, 5.74) is 1.05. The highest BCUT2D eigenvalue weighted by molar-refractivity contribution is 6.62. The molecule has 1 saturated heterocycles. The summed E-state index contributed by atoms with van der Waals surface area (Å²) in [6.07, 6.45) is 9.38. The molecule has 0 radical (unpaired) electrons. The lowest BCUT2D eigenvalue weighted by Crippen LogP contribution is -2.57. The van der Waals surface area contributed by atoms with Crippen molar-refractivity contribution < 1.29 is 19.2 Å². The molecule has 0 bridgehead atoms. The van der Waals surface area contributed by atoms with E-state index < -0.39 is 12.0 Å². The van der Waals surface area contributed by atoms with E-state index in [1.807, 2.05) is 36.4 Å². The van der Waals surface area contributed by atoms with Gasteiger partial charge in [-0.05, 0) is 57.0 Å². The van der Waals surface area contributed by atoms with Crippen LogP contribution in [0.2, 0.25) is 0 Å². The van der Waals surface area contributed by atoms with Gasteiger partial charge in [0.25, 0.3) is 0 Å². The van der Waals surface area contributed by atoms with Gasteiger partial charge in [0.1, 0.15) is 6.04 Å². The molecule has 1 atom stereocenters. The minimum atomic E-state index is -0.744. The molecule has 1 saturated carbocycles. The highest BCUT2D eigenvalue weighted by Gasteiger charge is 2.52. The zero-order valence-corrected chi connectivity index (χ0v) is 21.5. The number of benzene rings is 1. The van der Waals surface area contributed by atoms with E-state index in [0.29, 0.717) is 6.54 Å². The molecule has 1 aliphatic heterocycles. The molecule has 33 heavy (non-hydrogen) atoms. The molecule has 182 valence electrons. The van der Waals surface area contributed by atoms with Gasteiger partial charge < -0.3 is 19.7 Å². The third kappa shape index (κ3) is 5.39. The van der Waals surface area contributed by atoms with E-state index >= 15 is 0 Å². The van der Waals surface area contributed by atoms with Crippen molar-refractivity contribution >= 4 is 24.6 Å². The molecule has 2 aliphatic rings. The summed E-state index contributed by atoms with van der Waals surface area (Å²) in [6.45, 7) is 15.3. The summed E-state index contributed by atoms with van der Waals surface area (Å²) in [7, 11) is -0.366. The molecule has 0 amide bonds. The van der Waals surface area contributed by atoms with Crippen LogP contribution >= 0.6 is 0 Å². The van der Waals surface area contributed by atoms with E-state index in [9.17, 15) is 9.90 Å². The molecule has 2 fully saturated rings. The van der Waals surface area contributed by atoms with Gasteiger partial charge in [-0.2, -0.15) is 0 Å². The van der Waals surface area contributed by atoms with Crippen molar-refractivity contribution in [3.05, 3.63) is 35.9 Å². The molecule has 1 aliphatic carbocycles.